The van der Waals surface area contributed by atoms with Gasteiger partial charge in [0.05, 0.1) is 25.5 Å². The average Bonchev–Trinajstić information content (AvgIpc) is 2.95. The van der Waals surface area contributed by atoms with E-state index >= 15 is 0 Å². The predicted molar refractivity (Wildman–Crippen MR) is 76.4 cm³/mol. The number of rotatable bonds is 5. The van der Waals surface area contributed by atoms with Crippen LogP contribution in [0, 0.1) is 0 Å². The number of esters is 1. The Kier molecular flexibility index (Phi) is 4.42. The van der Waals surface area contributed by atoms with Gasteiger partial charge in [-0.25, -0.2) is 0 Å². The van der Waals surface area contributed by atoms with Crippen LogP contribution in [0.4, 0.5) is 0 Å². The van der Waals surface area contributed by atoms with Gasteiger partial charge in [-0.2, -0.15) is 10.2 Å². The van der Waals surface area contributed by atoms with Crippen LogP contribution in [0.5, 0.6) is 0 Å². The van der Waals surface area contributed by atoms with Crippen LogP contribution in [-0.4, -0.2) is 42.8 Å². The van der Waals surface area contributed by atoms with Crippen molar-refractivity contribution in [3.8, 4) is 11.1 Å². The molecule has 0 amide bonds. The van der Waals surface area contributed by atoms with Gasteiger partial charge in [-0.1, -0.05) is 0 Å². The molecule has 0 unspecified atom stereocenters. The van der Waals surface area contributed by atoms with Crippen molar-refractivity contribution in [2.75, 3.05) is 6.61 Å². The SMILES string of the molecule is CC(C)(C)OC(=O)Cn1cc(-c2cnn(CCO)c2)cn1. The Labute approximate surface area is 123 Å². The molecule has 0 spiro atoms. The van der Waals surface area contributed by atoms with Gasteiger partial charge in [0.2, 0.25) is 0 Å². The van der Waals surface area contributed by atoms with E-state index < -0.39 is 5.60 Å². The lowest BCUT2D eigenvalue weighted by molar-refractivity contribution is -0.155. The van der Waals surface area contributed by atoms with E-state index in [0.717, 1.165) is 11.1 Å². The first-order valence-corrected chi connectivity index (χ1v) is 6.75. The first-order valence-electron chi connectivity index (χ1n) is 6.75. The maximum Gasteiger partial charge on any atom is 0.328 e. The molecule has 0 saturated carbocycles. The van der Waals surface area contributed by atoms with Crippen molar-refractivity contribution in [2.24, 2.45) is 0 Å². The van der Waals surface area contributed by atoms with E-state index in [-0.39, 0.29) is 19.1 Å². The van der Waals surface area contributed by atoms with Crippen molar-refractivity contribution in [3.05, 3.63) is 24.8 Å². The summed E-state index contributed by atoms with van der Waals surface area (Å²) in [5, 5.41) is 17.1. The van der Waals surface area contributed by atoms with Crippen molar-refractivity contribution in [3.63, 3.8) is 0 Å². The number of nitrogens with zero attached hydrogens (tertiary/aromatic N) is 4. The van der Waals surface area contributed by atoms with Gasteiger partial charge in [-0.3, -0.25) is 14.2 Å². The van der Waals surface area contributed by atoms with Gasteiger partial charge in [0.1, 0.15) is 12.1 Å². The van der Waals surface area contributed by atoms with E-state index in [9.17, 15) is 4.79 Å². The number of hydrogen-bond acceptors (Lipinski definition) is 5. The second kappa shape index (κ2) is 6.09. The number of aliphatic hydroxyl groups excluding tert-OH is 1. The van der Waals surface area contributed by atoms with E-state index in [2.05, 4.69) is 10.2 Å². The molecule has 2 aromatic rings. The summed E-state index contributed by atoms with van der Waals surface area (Å²) < 4.78 is 8.44. The zero-order valence-corrected chi connectivity index (χ0v) is 12.5. The molecule has 7 nitrogen and oxygen atoms in total. The van der Waals surface area contributed by atoms with Gasteiger partial charge in [-0.15, -0.1) is 0 Å². The number of ether oxygens (including phenoxy) is 1. The molecule has 0 aliphatic carbocycles. The summed E-state index contributed by atoms with van der Waals surface area (Å²) >= 11 is 0. The third-order valence-electron chi connectivity index (χ3n) is 2.64. The molecule has 1 N–H and O–H groups in total. The Balaban J connectivity index is 2.02. The summed E-state index contributed by atoms with van der Waals surface area (Å²) in [7, 11) is 0. The van der Waals surface area contributed by atoms with Gasteiger partial charge in [0, 0.05) is 23.5 Å². The minimum atomic E-state index is -0.501. The third-order valence-corrected chi connectivity index (χ3v) is 2.64. The number of carbonyl (C=O) groups excluding carboxylic acids is 1. The monoisotopic (exact) mass is 292 g/mol. The highest BCUT2D eigenvalue weighted by molar-refractivity contribution is 5.70. The molecule has 2 rings (SSSR count). The average molecular weight is 292 g/mol. The molecule has 7 heteroatoms. The van der Waals surface area contributed by atoms with Crippen molar-refractivity contribution in [1.29, 1.82) is 0 Å². The van der Waals surface area contributed by atoms with Gasteiger partial charge in [-0.05, 0) is 20.8 Å². The highest BCUT2D eigenvalue weighted by Gasteiger charge is 2.17. The van der Waals surface area contributed by atoms with Crippen LogP contribution >= 0.6 is 0 Å². The summed E-state index contributed by atoms with van der Waals surface area (Å²) in [6.45, 7) is 6.05. The standard InChI is InChI=1S/C14H20N4O3/c1-14(2,3)21-13(20)10-18-9-12(7-16-18)11-6-15-17(8-11)4-5-19/h6-9,19H,4-5,10H2,1-3H3. The minimum Gasteiger partial charge on any atom is -0.459 e. The number of hydrogen-bond donors (Lipinski definition) is 1. The predicted octanol–water partition coefficient (Wildman–Crippen LogP) is 1.08. The first-order chi connectivity index (χ1) is 9.87. The Morgan fingerprint density at radius 3 is 2.33 bits per heavy atom. The molecule has 0 saturated heterocycles. The lowest BCUT2D eigenvalue weighted by Crippen LogP contribution is -2.26. The van der Waals surface area contributed by atoms with Crippen LogP contribution < -0.4 is 0 Å². The lowest BCUT2D eigenvalue weighted by atomic mass is 10.2. The lowest BCUT2D eigenvalue weighted by Gasteiger charge is -2.19. The fourth-order valence-electron chi connectivity index (χ4n) is 1.84. The van der Waals surface area contributed by atoms with Crippen LogP contribution in [0.1, 0.15) is 20.8 Å². The number of aromatic nitrogens is 4. The minimum absolute atomic E-state index is 0.0407. The van der Waals surface area contributed by atoms with Crippen molar-refractivity contribution in [1.82, 2.24) is 19.6 Å². The van der Waals surface area contributed by atoms with E-state index in [0.29, 0.717) is 6.54 Å². The molecule has 0 aliphatic rings. The van der Waals surface area contributed by atoms with Crippen LogP contribution in [0.3, 0.4) is 0 Å². The number of aliphatic hydroxyl groups is 1. The highest BCUT2D eigenvalue weighted by atomic mass is 16.6. The normalized spacial score (nSPS) is 11.6. The van der Waals surface area contributed by atoms with Gasteiger partial charge in [0.25, 0.3) is 0 Å². The van der Waals surface area contributed by atoms with Crippen LogP contribution in [-0.2, 0) is 22.6 Å². The largest absolute Gasteiger partial charge is 0.459 e. The molecule has 0 radical (unpaired) electrons. The molecular weight excluding hydrogens is 272 g/mol. The fourth-order valence-corrected chi connectivity index (χ4v) is 1.84. The Morgan fingerprint density at radius 2 is 1.76 bits per heavy atom. The Hall–Kier alpha value is -2.15. The van der Waals surface area contributed by atoms with Crippen molar-refractivity contribution < 1.29 is 14.6 Å². The first kappa shape index (κ1) is 15.2. The molecule has 21 heavy (non-hydrogen) atoms. The Bertz CT molecular complexity index is 610. The summed E-state index contributed by atoms with van der Waals surface area (Å²) in [6.07, 6.45) is 6.96. The van der Waals surface area contributed by atoms with Crippen LogP contribution in [0.15, 0.2) is 24.8 Å². The summed E-state index contributed by atoms with van der Waals surface area (Å²) in [5.74, 6) is -0.326. The zero-order valence-electron chi connectivity index (χ0n) is 12.5. The van der Waals surface area contributed by atoms with E-state index in [1.165, 1.54) is 4.68 Å². The number of carbonyl (C=O) groups is 1. The highest BCUT2D eigenvalue weighted by Crippen LogP contribution is 2.17. The summed E-state index contributed by atoms with van der Waals surface area (Å²) in [4.78, 5) is 11.7. The van der Waals surface area contributed by atoms with Gasteiger partial charge < -0.3 is 9.84 Å². The Morgan fingerprint density at radius 1 is 1.19 bits per heavy atom. The molecule has 2 heterocycles. The van der Waals surface area contributed by atoms with E-state index in [4.69, 9.17) is 9.84 Å². The molecule has 0 bridgehead atoms. The molecule has 0 aromatic carbocycles. The third kappa shape index (κ3) is 4.42. The fraction of sp³-hybridized carbons (Fsp3) is 0.500. The zero-order chi connectivity index (χ0) is 15.5. The molecular formula is C14H20N4O3. The maximum absolute atomic E-state index is 11.7. The van der Waals surface area contributed by atoms with E-state index in [1.807, 2.05) is 27.0 Å². The van der Waals surface area contributed by atoms with E-state index in [1.54, 1.807) is 23.3 Å². The second-order valence-electron chi connectivity index (χ2n) is 5.73. The van der Waals surface area contributed by atoms with Crippen LogP contribution in [0.25, 0.3) is 11.1 Å². The van der Waals surface area contributed by atoms with Gasteiger partial charge in [0.15, 0.2) is 0 Å². The van der Waals surface area contributed by atoms with Crippen molar-refractivity contribution >= 4 is 5.97 Å². The molecule has 2 aromatic heterocycles. The molecule has 0 fully saturated rings. The smallest absolute Gasteiger partial charge is 0.328 e. The molecule has 0 aliphatic heterocycles. The van der Waals surface area contributed by atoms with Crippen LogP contribution in [0.2, 0.25) is 0 Å². The van der Waals surface area contributed by atoms with Crippen molar-refractivity contribution in [2.45, 2.75) is 39.5 Å². The molecule has 114 valence electrons. The molecule has 0 atom stereocenters. The maximum atomic E-state index is 11.7. The topological polar surface area (TPSA) is 82.2 Å². The second-order valence-corrected chi connectivity index (χ2v) is 5.73. The van der Waals surface area contributed by atoms with Gasteiger partial charge >= 0.3 is 5.97 Å². The quantitative estimate of drug-likeness (QED) is 0.834. The summed E-state index contributed by atoms with van der Waals surface area (Å²) in [5.41, 5.74) is 1.25. The summed E-state index contributed by atoms with van der Waals surface area (Å²) in [6, 6.07) is 0.